The van der Waals surface area contributed by atoms with Crippen molar-refractivity contribution >= 4 is 40.9 Å². The molecule has 1 atom stereocenters. The van der Waals surface area contributed by atoms with Gasteiger partial charge in [-0.1, -0.05) is 55.2 Å². The number of halogens is 2. The van der Waals surface area contributed by atoms with E-state index in [1.807, 2.05) is 25.1 Å². The minimum atomic E-state index is -0.546. The van der Waals surface area contributed by atoms with Gasteiger partial charge in [-0.3, -0.25) is 4.79 Å². The molecule has 3 nitrogen and oxygen atoms in total. The van der Waals surface area contributed by atoms with Gasteiger partial charge >= 0.3 is 0 Å². The zero-order valence-corrected chi connectivity index (χ0v) is 19.0. The molecule has 0 saturated carbocycles. The second-order valence-corrected chi connectivity index (χ2v) is 8.98. The number of hydrogen-bond acceptors (Lipinski definition) is 3. The summed E-state index contributed by atoms with van der Waals surface area (Å²) in [4.78, 5) is 12.4. The lowest BCUT2D eigenvalue weighted by Crippen LogP contribution is -2.37. The molecule has 0 heterocycles. The molecule has 0 bridgehead atoms. The zero-order chi connectivity index (χ0) is 20.7. The molecule has 1 N–H and O–H groups in total. The highest BCUT2D eigenvalue weighted by Gasteiger charge is 2.17. The molecule has 28 heavy (non-hydrogen) atoms. The lowest BCUT2D eigenvalue weighted by Gasteiger charge is -2.19. The van der Waals surface area contributed by atoms with Crippen LogP contribution < -0.4 is 10.1 Å². The van der Waals surface area contributed by atoms with Crippen molar-refractivity contribution in [1.29, 1.82) is 0 Å². The van der Waals surface area contributed by atoms with Gasteiger partial charge in [0.25, 0.3) is 5.91 Å². The van der Waals surface area contributed by atoms with E-state index in [0.29, 0.717) is 22.5 Å². The van der Waals surface area contributed by atoms with E-state index in [1.54, 1.807) is 24.8 Å². The first-order valence-electron chi connectivity index (χ1n) is 9.34. The monoisotopic (exact) mass is 439 g/mol. The summed E-state index contributed by atoms with van der Waals surface area (Å²) in [5.74, 6) is 2.57. The van der Waals surface area contributed by atoms with E-state index in [0.717, 1.165) is 33.9 Å². The Morgan fingerprint density at radius 1 is 1.14 bits per heavy atom. The van der Waals surface area contributed by atoms with Crippen LogP contribution in [0.1, 0.15) is 43.4 Å². The topological polar surface area (TPSA) is 38.3 Å². The summed E-state index contributed by atoms with van der Waals surface area (Å²) in [7, 11) is 0. The number of benzene rings is 2. The first-order chi connectivity index (χ1) is 13.3. The highest BCUT2D eigenvalue weighted by molar-refractivity contribution is 7.98. The summed E-state index contributed by atoms with van der Waals surface area (Å²) in [6.07, 6.45) is -0.546. The number of aryl methyl sites for hydroxylation is 1. The molecular formula is C22H27Cl2NO2S. The Morgan fingerprint density at radius 2 is 1.89 bits per heavy atom. The Morgan fingerprint density at radius 3 is 2.57 bits per heavy atom. The molecule has 0 spiro atoms. The molecule has 0 aliphatic rings. The smallest absolute Gasteiger partial charge is 0.260 e. The van der Waals surface area contributed by atoms with Crippen molar-refractivity contribution in [3.8, 4) is 5.75 Å². The summed E-state index contributed by atoms with van der Waals surface area (Å²) >= 11 is 13.8. The van der Waals surface area contributed by atoms with Crippen molar-refractivity contribution in [3.63, 3.8) is 0 Å². The Kier molecular flexibility index (Phi) is 9.00. The normalized spacial score (nSPS) is 12.1. The number of ether oxygens (including phenoxy) is 1. The minimum Gasteiger partial charge on any atom is -0.481 e. The standard InChI is InChI=1S/C22H27Cl2NO2S/c1-14(2)19-8-5-15(3)11-21(19)27-16(4)22(26)25-9-10-28-13-17-6-7-18(23)12-20(17)24/h5-8,11-12,14,16H,9-10,13H2,1-4H3,(H,25,26). The summed E-state index contributed by atoms with van der Waals surface area (Å²) in [5.41, 5.74) is 3.27. The number of rotatable bonds is 9. The molecule has 2 aromatic rings. The summed E-state index contributed by atoms with van der Waals surface area (Å²) in [6.45, 7) is 8.61. The highest BCUT2D eigenvalue weighted by atomic mass is 35.5. The average molecular weight is 440 g/mol. The van der Waals surface area contributed by atoms with Crippen LogP contribution in [0.4, 0.5) is 0 Å². The van der Waals surface area contributed by atoms with Gasteiger partial charge in [0.15, 0.2) is 6.10 Å². The van der Waals surface area contributed by atoms with Crippen LogP contribution in [0.3, 0.4) is 0 Å². The average Bonchev–Trinajstić information content (AvgIpc) is 2.62. The van der Waals surface area contributed by atoms with E-state index in [4.69, 9.17) is 27.9 Å². The minimum absolute atomic E-state index is 0.110. The number of nitrogens with one attached hydrogen (secondary N) is 1. The van der Waals surface area contributed by atoms with Crippen LogP contribution in [-0.4, -0.2) is 24.3 Å². The van der Waals surface area contributed by atoms with Gasteiger partial charge < -0.3 is 10.1 Å². The lowest BCUT2D eigenvalue weighted by molar-refractivity contribution is -0.127. The molecule has 0 aliphatic heterocycles. The van der Waals surface area contributed by atoms with Crippen molar-refractivity contribution in [3.05, 3.63) is 63.1 Å². The Bertz CT molecular complexity index is 811. The van der Waals surface area contributed by atoms with Crippen LogP contribution in [0.25, 0.3) is 0 Å². The summed E-state index contributed by atoms with van der Waals surface area (Å²) < 4.78 is 5.95. The third-order valence-corrected chi connectivity index (χ3v) is 5.88. The van der Waals surface area contributed by atoms with Gasteiger partial charge in [0.05, 0.1) is 0 Å². The first-order valence-corrected chi connectivity index (χ1v) is 11.3. The van der Waals surface area contributed by atoms with Gasteiger partial charge in [-0.05, 0) is 54.7 Å². The maximum absolute atomic E-state index is 12.4. The number of carbonyl (C=O) groups excluding carboxylic acids is 1. The largest absolute Gasteiger partial charge is 0.481 e. The van der Waals surface area contributed by atoms with Crippen LogP contribution in [0, 0.1) is 6.92 Å². The van der Waals surface area contributed by atoms with Crippen molar-refractivity contribution in [2.45, 2.75) is 45.5 Å². The van der Waals surface area contributed by atoms with E-state index in [1.165, 1.54) is 0 Å². The van der Waals surface area contributed by atoms with E-state index in [9.17, 15) is 4.79 Å². The van der Waals surface area contributed by atoms with Gasteiger partial charge in [-0.25, -0.2) is 0 Å². The number of carbonyl (C=O) groups is 1. The third-order valence-electron chi connectivity index (χ3n) is 4.28. The number of amides is 1. The van der Waals surface area contributed by atoms with Gasteiger partial charge in [0.1, 0.15) is 5.75 Å². The molecule has 0 fully saturated rings. The van der Waals surface area contributed by atoms with Crippen LogP contribution in [0.5, 0.6) is 5.75 Å². The van der Waals surface area contributed by atoms with E-state index in [2.05, 4.69) is 31.3 Å². The van der Waals surface area contributed by atoms with Crippen LogP contribution in [-0.2, 0) is 10.5 Å². The van der Waals surface area contributed by atoms with Crippen molar-refractivity contribution in [2.24, 2.45) is 0 Å². The second kappa shape index (κ2) is 11.0. The third kappa shape index (κ3) is 6.91. The Hall–Kier alpha value is -1.36. The highest BCUT2D eigenvalue weighted by Crippen LogP contribution is 2.28. The number of thioether (sulfide) groups is 1. The molecule has 152 valence electrons. The maximum Gasteiger partial charge on any atom is 0.260 e. The van der Waals surface area contributed by atoms with Gasteiger partial charge in [-0.2, -0.15) is 11.8 Å². The van der Waals surface area contributed by atoms with Crippen LogP contribution in [0.2, 0.25) is 10.0 Å². The number of hydrogen-bond donors (Lipinski definition) is 1. The fourth-order valence-electron chi connectivity index (χ4n) is 2.68. The predicted octanol–water partition coefficient (Wildman–Crippen LogP) is 6.24. The fourth-order valence-corrected chi connectivity index (χ4v) is 4.09. The molecule has 0 aromatic heterocycles. The quantitative estimate of drug-likeness (QED) is 0.469. The molecule has 0 radical (unpaired) electrons. The van der Waals surface area contributed by atoms with Crippen molar-refractivity contribution in [1.82, 2.24) is 5.32 Å². The SMILES string of the molecule is Cc1ccc(C(C)C)c(OC(C)C(=O)NCCSCc2ccc(Cl)cc2Cl)c1. The molecule has 6 heteroatoms. The molecule has 2 rings (SSSR count). The zero-order valence-electron chi connectivity index (χ0n) is 16.7. The fraction of sp³-hybridized carbons (Fsp3) is 0.409. The van der Waals surface area contributed by atoms with E-state index in [-0.39, 0.29) is 5.91 Å². The molecule has 2 aromatic carbocycles. The van der Waals surface area contributed by atoms with Gasteiger partial charge in [0.2, 0.25) is 0 Å². The van der Waals surface area contributed by atoms with Gasteiger partial charge in [0, 0.05) is 28.1 Å². The molecular weight excluding hydrogens is 413 g/mol. The Labute approximate surface area is 182 Å². The second-order valence-electron chi connectivity index (χ2n) is 7.04. The maximum atomic E-state index is 12.4. The van der Waals surface area contributed by atoms with E-state index < -0.39 is 6.10 Å². The molecule has 0 saturated heterocycles. The van der Waals surface area contributed by atoms with E-state index >= 15 is 0 Å². The summed E-state index contributed by atoms with van der Waals surface area (Å²) in [5, 5.41) is 4.24. The van der Waals surface area contributed by atoms with Crippen LogP contribution >= 0.6 is 35.0 Å². The van der Waals surface area contributed by atoms with Crippen molar-refractivity contribution in [2.75, 3.05) is 12.3 Å². The van der Waals surface area contributed by atoms with Gasteiger partial charge in [-0.15, -0.1) is 0 Å². The lowest BCUT2D eigenvalue weighted by atomic mass is 10.0. The molecule has 0 aliphatic carbocycles. The van der Waals surface area contributed by atoms with Crippen molar-refractivity contribution < 1.29 is 9.53 Å². The summed E-state index contributed by atoms with van der Waals surface area (Å²) in [6, 6.07) is 11.6. The molecule has 1 unspecified atom stereocenters. The first kappa shape index (κ1) is 22.9. The van der Waals surface area contributed by atoms with Crippen LogP contribution in [0.15, 0.2) is 36.4 Å². The Balaban J connectivity index is 1.78. The predicted molar refractivity (Wildman–Crippen MR) is 121 cm³/mol. The molecule has 1 amide bonds.